The SMILES string of the molecule is Cc1cc(C)c(C)c(C)n1.Cc1cc(C)c(C)cn1.Cc1cc(C)nc(C)c1.Cc1ccc(C)c(C)n1.Cc1cccnc1C.Cc1cccnc1C(C)C.Cc1ccncc1C.Cc1cnc(C)c(C)c1.Cc1cncc(C)c1C.Cc1cnccc1C(C)C.Cc1nc(C)c(C)c(C)c1C. The average molecular weight is 1380 g/mol. The van der Waals surface area contributed by atoms with Crippen molar-refractivity contribution in [3.63, 3.8) is 0 Å². The molecule has 0 aromatic carbocycles. The lowest BCUT2D eigenvalue weighted by atomic mass is 10.0. The molecule has 11 aromatic heterocycles. The van der Waals surface area contributed by atoms with Crippen LogP contribution in [-0.2, 0) is 0 Å². The van der Waals surface area contributed by atoms with Crippen LogP contribution in [0.4, 0.5) is 0 Å². The highest BCUT2D eigenvalue weighted by Gasteiger charge is 2.06. The largest absolute Gasteiger partial charge is 0.264 e. The molecule has 0 spiro atoms. The molecule has 11 heterocycles. The molecule has 0 aliphatic heterocycles. The molecular formula is C91H127N11. The van der Waals surface area contributed by atoms with Gasteiger partial charge in [-0.25, -0.2) is 0 Å². The number of aryl methyl sites for hydroxylation is 25. The molecule has 11 nitrogen and oxygen atoms in total. The van der Waals surface area contributed by atoms with Gasteiger partial charge in [0.2, 0.25) is 0 Å². The second-order valence-electron chi connectivity index (χ2n) is 27.6. The Morgan fingerprint density at radius 3 is 1.08 bits per heavy atom. The van der Waals surface area contributed by atoms with Gasteiger partial charge in [-0.3, -0.25) is 54.8 Å². The van der Waals surface area contributed by atoms with Crippen LogP contribution in [0.1, 0.15) is 219 Å². The summed E-state index contributed by atoms with van der Waals surface area (Å²) >= 11 is 0. The zero-order valence-corrected chi connectivity index (χ0v) is 69.4. The number of hydrogen-bond donors (Lipinski definition) is 0. The van der Waals surface area contributed by atoms with Crippen molar-refractivity contribution in [3.8, 4) is 0 Å². The fourth-order valence-corrected chi connectivity index (χ4v) is 9.79. The maximum Gasteiger partial charge on any atom is 0.0458 e. The minimum atomic E-state index is 0.543. The van der Waals surface area contributed by atoms with E-state index in [4.69, 9.17) is 0 Å². The highest BCUT2D eigenvalue weighted by Crippen LogP contribution is 2.19. The minimum absolute atomic E-state index is 0.543. The molecule has 0 saturated carbocycles. The van der Waals surface area contributed by atoms with Crippen molar-refractivity contribution in [2.24, 2.45) is 0 Å². The summed E-state index contributed by atoms with van der Waals surface area (Å²) in [5.41, 5.74) is 39.6. The van der Waals surface area contributed by atoms with Crippen LogP contribution in [0.2, 0.25) is 0 Å². The van der Waals surface area contributed by atoms with E-state index >= 15 is 0 Å². The van der Waals surface area contributed by atoms with Gasteiger partial charge < -0.3 is 0 Å². The van der Waals surface area contributed by atoms with Crippen molar-refractivity contribution in [3.05, 3.63) is 320 Å². The summed E-state index contributed by atoms with van der Waals surface area (Å²) in [4.78, 5) is 46.0. The Morgan fingerprint density at radius 1 is 0.225 bits per heavy atom. The molecule has 0 aliphatic rings. The molecule has 546 valence electrons. The van der Waals surface area contributed by atoms with Crippen molar-refractivity contribution in [2.45, 2.75) is 247 Å². The van der Waals surface area contributed by atoms with E-state index < -0.39 is 0 Å². The third-order valence-electron chi connectivity index (χ3n) is 17.7. The maximum absolute atomic E-state index is 4.43. The molecule has 0 aliphatic carbocycles. The maximum atomic E-state index is 4.43. The van der Waals surface area contributed by atoms with Crippen LogP contribution < -0.4 is 0 Å². The van der Waals surface area contributed by atoms with Crippen LogP contribution in [-0.4, -0.2) is 54.8 Å². The molecule has 11 aromatic rings. The predicted octanol–water partition coefficient (Wildman–Crippen LogP) is 23.4. The smallest absolute Gasteiger partial charge is 0.0458 e. The number of rotatable bonds is 2. The van der Waals surface area contributed by atoms with Crippen molar-refractivity contribution in [1.82, 2.24) is 54.8 Å². The van der Waals surface area contributed by atoms with Gasteiger partial charge in [0.1, 0.15) is 0 Å². The van der Waals surface area contributed by atoms with E-state index in [-0.39, 0.29) is 0 Å². The Hall–Kier alpha value is -9.35. The Labute approximate surface area is 619 Å². The van der Waals surface area contributed by atoms with Gasteiger partial charge in [0.15, 0.2) is 0 Å². The van der Waals surface area contributed by atoms with Crippen LogP contribution in [0.15, 0.2) is 141 Å². The fraction of sp³-hybridized carbons (Fsp3) is 0.396. The molecule has 0 bridgehead atoms. The van der Waals surface area contributed by atoms with Gasteiger partial charge in [0.05, 0.1) is 0 Å². The highest BCUT2D eigenvalue weighted by atomic mass is 14.7. The van der Waals surface area contributed by atoms with Gasteiger partial charge in [-0.05, 0) is 385 Å². The van der Waals surface area contributed by atoms with Crippen LogP contribution >= 0.6 is 0 Å². The normalized spacial score (nSPS) is 9.84. The Balaban J connectivity index is 0.000000562. The Kier molecular flexibility index (Phi) is 41.7. The average Bonchev–Trinajstić information content (AvgIpc) is 0.835. The summed E-state index contributed by atoms with van der Waals surface area (Å²) in [5.74, 6) is 1.16. The van der Waals surface area contributed by atoms with E-state index in [1.807, 2.05) is 142 Å². The Bertz CT molecular complexity index is 3940. The summed E-state index contributed by atoms with van der Waals surface area (Å²) in [6.07, 6.45) is 18.7. The van der Waals surface area contributed by atoms with Crippen molar-refractivity contribution in [1.29, 1.82) is 0 Å². The predicted molar refractivity (Wildman–Crippen MR) is 437 cm³/mol. The lowest BCUT2D eigenvalue weighted by molar-refractivity contribution is 0.811. The van der Waals surface area contributed by atoms with E-state index in [2.05, 4.69) is 289 Å². The third kappa shape index (κ3) is 35.3. The monoisotopic (exact) mass is 1370 g/mol. The van der Waals surface area contributed by atoms with Gasteiger partial charge in [-0.1, -0.05) is 52.0 Å². The number of pyridine rings is 11. The standard InChI is InChI=1S/C10H15N.3C9H13N.5C8H11N.2C7H9N/c1-6-7(2)9(4)11-10(5)8(6)3;1-6-5-7(2)10-9(4)8(6)3;1-7(2)9-4-5-10-6-8(9)3;1-7(2)9-8(3)5-4-6-10-9;1-6-4-9-5-7(2)8(6)3;1-6-4-8(3)9-5-7(6)2;1-6-4-7(2)8(3)9-5-6;1-6-4-7(2)9-8(3)5-6;1-6-4-5-7(2)9-8(6)3;1-6-3-4-8-5-7(6)2;1-6-4-3-5-8-7(6)2/h1-5H3;5H,1-4H3;2*4-7H,1-3H3;5*4-5H,1-3H3;2*3-5H,1-2H3. The molecule has 11 rings (SSSR count). The van der Waals surface area contributed by atoms with E-state index in [1.54, 1.807) is 0 Å². The van der Waals surface area contributed by atoms with Gasteiger partial charge in [0.25, 0.3) is 0 Å². The zero-order valence-electron chi connectivity index (χ0n) is 69.4. The molecule has 11 heteroatoms. The summed E-state index contributed by atoms with van der Waals surface area (Å²) in [6.45, 7) is 70.8. The molecule has 0 unspecified atom stereocenters. The second kappa shape index (κ2) is 47.0. The quantitative estimate of drug-likeness (QED) is 0.163. The molecule has 102 heavy (non-hydrogen) atoms. The number of aromatic nitrogens is 11. The molecule has 0 N–H and O–H groups in total. The van der Waals surface area contributed by atoms with Gasteiger partial charge in [-0.2, -0.15) is 0 Å². The molecule has 0 fully saturated rings. The molecule has 0 atom stereocenters. The van der Waals surface area contributed by atoms with Crippen LogP contribution in [0.5, 0.6) is 0 Å². The van der Waals surface area contributed by atoms with Crippen molar-refractivity contribution in [2.75, 3.05) is 0 Å². The molecule has 0 radical (unpaired) electrons. The lowest BCUT2D eigenvalue weighted by Crippen LogP contribution is -1.98. The van der Waals surface area contributed by atoms with Crippen molar-refractivity contribution >= 4 is 0 Å². The molecule has 0 amide bonds. The van der Waals surface area contributed by atoms with Gasteiger partial charge in [0, 0.05) is 130 Å². The van der Waals surface area contributed by atoms with Crippen LogP contribution in [0.25, 0.3) is 0 Å². The summed E-state index contributed by atoms with van der Waals surface area (Å²) in [6, 6.07) is 26.8. The van der Waals surface area contributed by atoms with Crippen LogP contribution in [0.3, 0.4) is 0 Å². The first-order chi connectivity index (χ1) is 47.7. The highest BCUT2D eigenvalue weighted by molar-refractivity contribution is 5.37. The number of hydrogen-bond acceptors (Lipinski definition) is 11. The van der Waals surface area contributed by atoms with Gasteiger partial charge >= 0.3 is 0 Å². The zero-order chi connectivity index (χ0) is 77.7. The third-order valence-corrected chi connectivity index (χ3v) is 17.7. The Morgan fingerprint density at radius 2 is 0.696 bits per heavy atom. The van der Waals surface area contributed by atoms with Gasteiger partial charge in [-0.15, -0.1) is 0 Å². The summed E-state index contributed by atoms with van der Waals surface area (Å²) in [7, 11) is 0. The first-order valence-corrected chi connectivity index (χ1v) is 35.6. The van der Waals surface area contributed by atoms with E-state index in [0.717, 1.165) is 62.6 Å². The summed E-state index contributed by atoms with van der Waals surface area (Å²) < 4.78 is 0. The summed E-state index contributed by atoms with van der Waals surface area (Å²) in [5, 5.41) is 0. The second-order valence-corrected chi connectivity index (χ2v) is 27.6. The minimum Gasteiger partial charge on any atom is -0.264 e. The van der Waals surface area contributed by atoms with E-state index in [1.165, 1.54) is 117 Å². The number of nitrogens with zero attached hydrogens (tertiary/aromatic N) is 11. The van der Waals surface area contributed by atoms with E-state index in [0.29, 0.717) is 11.8 Å². The lowest BCUT2D eigenvalue weighted by Gasteiger charge is -2.09. The first kappa shape index (κ1) is 90.7. The fourth-order valence-electron chi connectivity index (χ4n) is 9.79. The molecule has 0 saturated heterocycles. The van der Waals surface area contributed by atoms with Crippen LogP contribution in [0, 0.1) is 208 Å². The first-order valence-electron chi connectivity index (χ1n) is 35.6. The van der Waals surface area contributed by atoms with E-state index in [9.17, 15) is 0 Å². The topological polar surface area (TPSA) is 142 Å². The molecular weight excluding hydrogens is 1250 g/mol. The van der Waals surface area contributed by atoms with Crippen molar-refractivity contribution < 1.29 is 0 Å².